The van der Waals surface area contributed by atoms with Crippen molar-refractivity contribution >= 4 is 29.5 Å². The number of thiazole rings is 1. The van der Waals surface area contributed by atoms with Crippen molar-refractivity contribution in [3.05, 3.63) is 16.6 Å². The van der Waals surface area contributed by atoms with E-state index in [1.165, 1.54) is 24.2 Å². The summed E-state index contributed by atoms with van der Waals surface area (Å²) in [5.41, 5.74) is 0. The maximum Gasteiger partial charge on any atom is 0.205 e. The maximum atomic E-state index is 11.8. The van der Waals surface area contributed by atoms with Crippen LogP contribution in [0.3, 0.4) is 0 Å². The minimum atomic E-state index is 0. The van der Waals surface area contributed by atoms with Gasteiger partial charge in [-0.1, -0.05) is 0 Å². The van der Waals surface area contributed by atoms with Gasteiger partial charge < -0.3 is 5.32 Å². The summed E-state index contributed by atoms with van der Waals surface area (Å²) in [6, 6.07) is 0.484. The van der Waals surface area contributed by atoms with Gasteiger partial charge in [0, 0.05) is 24.2 Å². The van der Waals surface area contributed by atoms with Gasteiger partial charge in [0.15, 0.2) is 5.01 Å². The Labute approximate surface area is 112 Å². The zero-order valence-electron chi connectivity index (χ0n) is 9.89. The zero-order valence-corrected chi connectivity index (χ0v) is 11.5. The first kappa shape index (κ1) is 14.6. The van der Waals surface area contributed by atoms with Gasteiger partial charge in [0.2, 0.25) is 5.78 Å². The molecule has 0 spiro atoms. The van der Waals surface area contributed by atoms with Gasteiger partial charge in [-0.2, -0.15) is 0 Å². The number of rotatable bonds is 4. The van der Waals surface area contributed by atoms with Gasteiger partial charge in [-0.25, -0.2) is 4.98 Å². The quantitative estimate of drug-likeness (QED) is 0.845. The minimum Gasteiger partial charge on any atom is -0.315 e. The number of aromatic nitrogens is 1. The molecule has 6 heteroatoms. The van der Waals surface area contributed by atoms with Crippen molar-refractivity contribution in [2.75, 3.05) is 26.7 Å². The second-order valence-electron chi connectivity index (χ2n) is 4.18. The van der Waals surface area contributed by atoms with E-state index in [0.29, 0.717) is 17.6 Å². The predicted octanol–water partition coefficient (Wildman–Crippen LogP) is 1.43. The first-order chi connectivity index (χ1) is 7.77. The predicted molar refractivity (Wildman–Crippen MR) is 72.2 cm³/mol. The third-order valence-electron chi connectivity index (χ3n) is 2.96. The third-order valence-corrected chi connectivity index (χ3v) is 3.77. The SMILES string of the molecule is CN(CC(=O)c1nccs1)[C@@H]1CCCNC1.Cl. The van der Waals surface area contributed by atoms with Crippen LogP contribution in [0.1, 0.15) is 22.6 Å². The first-order valence-corrected chi connectivity index (χ1v) is 6.49. The summed E-state index contributed by atoms with van der Waals surface area (Å²) in [4.78, 5) is 18.0. The van der Waals surface area contributed by atoms with E-state index in [9.17, 15) is 4.79 Å². The molecule has 1 saturated heterocycles. The van der Waals surface area contributed by atoms with Crippen LogP contribution in [0.15, 0.2) is 11.6 Å². The van der Waals surface area contributed by atoms with Crippen LogP contribution in [0.25, 0.3) is 0 Å². The van der Waals surface area contributed by atoms with E-state index in [2.05, 4.69) is 15.2 Å². The van der Waals surface area contributed by atoms with Gasteiger partial charge in [-0.3, -0.25) is 9.69 Å². The Morgan fingerprint density at radius 1 is 1.71 bits per heavy atom. The van der Waals surface area contributed by atoms with E-state index in [1.54, 1.807) is 6.20 Å². The van der Waals surface area contributed by atoms with Gasteiger partial charge in [-0.15, -0.1) is 23.7 Å². The van der Waals surface area contributed by atoms with Crippen molar-refractivity contribution in [2.45, 2.75) is 18.9 Å². The van der Waals surface area contributed by atoms with Gasteiger partial charge >= 0.3 is 0 Å². The van der Waals surface area contributed by atoms with E-state index in [0.717, 1.165) is 13.1 Å². The summed E-state index contributed by atoms with van der Waals surface area (Å²) in [5, 5.41) is 5.82. The normalized spacial score (nSPS) is 20.0. The molecule has 0 bridgehead atoms. The van der Waals surface area contributed by atoms with Crippen LogP contribution in [-0.4, -0.2) is 48.4 Å². The highest BCUT2D eigenvalue weighted by Gasteiger charge is 2.20. The number of hydrogen-bond donors (Lipinski definition) is 1. The summed E-state index contributed by atoms with van der Waals surface area (Å²) in [5.74, 6) is 0.128. The summed E-state index contributed by atoms with van der Waals surface area (Å²) < 4.78 is 0. The van der Waals surface area contributed by atoms with Crippen LogP contribution >= 0.6 is 23.7 Å². The fraction of sp³-hybridized carbons (Fsp3) is 0.636. The molecule has 0 saturated carbocycles. The van der Waals surface area contributed by atoms with Crippen molar-refractivity contribution in [3.63, 3.8) is 0 Å². The first-order valence-electron chi connectivity index (χ1n) is 5.61. The van der Waals surface area contributed by atoms with E-state index < -0.39 is 0 Å². The summed E-state index contributed by atoms with van der Waals surface area (Å²) >= 11 is 1.42. The monoisotopic (exact) mass is 275 g/mol. The fourth-order valence-corrected chi connectivity index (χ4v) is 2.56. The van der Waals surface area contributed by atoms with Gasteiger partial charge in [0.25, 0.3) is 0 Å². The minimum absolute atomic E-state index is 0. The lowest BCUT2D eigenvalue weighted by molar-refractivity contribution is 0.0906. The third kappa shape index (κ3) is 4.03. The molecule has 1 aromatic rings. The van der Waals surface area contributed by atoms with E-state index in [1.807, 2.05) is 12.4 Å². The maximum absolute atomic E-state index is 11.8. The lowest BCUT2D eigenvalue weighted by atomic mass is 10.1. The molecule has 1 N–H and O–H groups in total. The largest absolute Gasteiger partial charge is 0.315 e. The van der Waals surface area contributed by atoms with E-state index in [-0.39, 0.29) is 18.2 Å². The molecule has 0 unspecified atom stereocenters. The fourth-order valence-electron chi connectivity index (χ4n) is 1.99. The standard InChI is InChI=1S/C11H17N3OS.ClH/c1-14(9-3-2-4-12-7-9)8-10(15)11-13-5-6-16-11;/h5-6,9,12H,2-4,7-8H2,1H3;1H/t9-;/m1./s1. The van der Waals surface area contributed by atoms with Gasteiger partial charge in [0.1, 0.15) is 0 Å². The highest BCUT2D eigenvalue weighted by Crippen LogP contribution is 2.11. The Hall–Kier alpha value is -0.490. The number of halogens is 1. The Bertz CT molecular complexity index is 338. The topological polar surface area (TPSA) is 45.2 Å². The number of carbonyl (C=O) groups excluding carboxylic acids is 1. The second-order valence-corrected chi connectivity index (χ2v) is 5.07. The summed E-state index contributed by atoms with van der Waals surface area (Å²) in [6.45, 7) is 2.56. The molecule has 2 heterocycles. The van der Waals surface area contributed by atoms with Gasteiger partial charge in [0.05, 0.1) is 6.54 Å². The molecular formula is C11H18ClN3OS. The smallest absolute Gasteiger partial charge is 0.205 e. The number of piperidine rings is 1. The number of hydrogen-bond acceptors (Lipinski definition) is 5. The summed E-state index contributed by atoms with van der Waals surface area (Å²) in [6.07, 6.45) is 4.05. The molecule has 4 nitrogen and oxygen atoms in total. The number of nitrogens with one attached hydrogen (secondary N) is 1. The Balaban J connectivity index is 0.00000144. The molecule has 0 aliphatic carbocycles. The van der Waals surface area contributed by atoms with Crippen LogP contribution in [0.5, 0.6) is 0 Å². The van der Waals surface area contributed by atoms with Crippen molar-refractivity contribution in [3.8, 4) is 0 Å². The number of likely N-dealkylation sites (N-methyl/N-ethyl adjacent to an activating group) is 1. The van der Waals surface area contributed by atoms with Gasteiger partial charge in [-0.05, 0) is 26.4 Å². The average molecular weight is 276 g/mol. The molecule has 1 fully saturated rings. The number of ketones is 1. The van der Waals surface area contributed by atoms with Crippen LogP contribution in [0.4, 0.5) is 0 Å². The molecule has 0 aromatic carbocycles. The molecule has 1 aliphatic rings. The van der Waals surface area contributed by atoms with Crippen LogP contribution < -0.4 is 5.32 Å². The van der Waals surface area contributed by atoms with Crippen molar-refractivity contribution in [2.24, 2.45) is 0 Å². The molecule has 0 amide bonds. The highest BCUT2D eigenvalue weighted by atomic mass is 35.5. The average Bonchev–Trinajstić information content (AvgIpc) is 2.83. The second kappa shape index (κ2) is 7.06. The molecular weight excluding hydrogens is 258 g/mol. The molecule has 0 radical (unpaired) electrons. The van der Waals surface area contributed by atoms with Crippen molar-refractivity contribution in [1.82, 2.24) is 15.2 Å². The lowest BCUT2D eigenvalue weighted by Gasteiger charge is -2.30. The molecule has 96 valence electrons. The Kier molecular flexibility index (Phi) is 6.05. The Morgan fingerprint density at radius 3 is 3.12 bits per heavy atom. The molecule has 2 rings (SSSR count). The molecule has 1 aliphatic heterocycles. The number of nitrogens with zero attached hydrogens (tertiary/aromatic N) is 2. The highest BCUT2D eigenvalue weighted by molar-refractivity contribution is 7.11. The lowest BCUT2D eigenvalue weighted by Crippen LogP contribution is -2.45. The van der Waals surface area contributed by atoms with Crippen LogP contribution in [-0.2, 0) is 0 Å². The molecule has 1 aromatic heterocycles. The van der Waals surface area contributed by atoms with E-state index in [4.69, 9.17) is 0 Å². The summed E-state index contributed by atoms with van der Waals surface area (Å²) in [7, 11) is 2.02. The van der Waals surface area contributed by atoms with Crippen LogP contribution in [0.2, 0.25) is 0 Å². The molecule has 1 atom stereocenters. The molecule has 17 heavy (non-hydrogen) atoms. The zero-order chi connectivity index (χ0) is 11.4. The van der Waals surface area contributed by atoms with Crippen LogP contribution in [0, 0.1) is 0 Å². The number of carbonyl (C=O) groups is 1. The number of Topliss-reactive ketones (excluding diaryl/α,β-unsaturated/α-hetero) is 1. The van der Waals surface area contributed by atoms with Crippen molar-refractivity contribution in [1.29, 1.82) is 0 Å². The Morgan fingerprint density at radius 2 is 2.53 bits per heavy atom. The van der Waals surface area contributed by atoms with Crippen molar-refractivity contribution < 1.29 is 4.79 Å². The van der Waals surface area contributed by atoms with E-state index >= 15 is 0 Å².